The molecule has 0 radical (unpaired) electrons. The molecule has 0 saturated carbocycles. The fourth-order valence-corrected chi connectivity index (χ4v) is 3.56. The normalized spacial score (nSPS) is 10.9. The van der Waals surface area contributed by atoms with Crippen LogP contribution in [-0.2, 0) is 13.1 Å². The third kappa shape index (κ3) is 5.00. The maximum atomic E-state index is 14.0. The molecule has 0 aliphatic rings. The van der Waals surface area contributed by atoms with Crippen molar-refractivity contribution < 1.29 is 9.18 Å². The number of carbonyl (C=O) groups is 1. The fraction of sp³-hybridized carbons (Fsp3) is 0.217. The molecule has 3 aromatic heterocycles. The van der Waals surface area contributed by atoms with Gasteiger partial charge in [-0.2, -0.15) is 5.10 Å². The standard InChI is InChI=1S/C23H22FN7O4/c1-14-11-15(2)31(27-14)19-7-8-20(32)30(28-19)10-9-25-21(33)17-12-26-23(35)29(22(17)34)13-16-5-3-4-6-18(16)24/h3-8,11-12H,9-10,13H2,1-2H3,(H,25,33)(H,26,35). The van der Waals surface area contributed by atoms with Crippen LogP contribution in [-0.4, -0.2) is 41.6 Å². The number of aryl methyl sites for hydroxylation is 2. The number of halogens is 1. The monoisotopic (exact) mass is 479 g/mol. The predicted octanol–water partition coefficient (Wildman–Crippen LogP) is 0.513. The van der Waals surface area contributed by atoms with E-state index in [1.807, 2.05) is 19.9 Å². The van der Waals surface area contributed by atoms with E-state index in [1.165, 1.54) is 28.9 Å². The Morgan fingerprint density at radius 2 is 1.86 bits per heavy atom. The molecule has 2 N–H and O–H groups in total. The molecular formula is C23H22FN7O4. The summed E-state index contributed by atoms with van der Waals surface area (Å²) in [7, 11) is 0. The summed E-state index contributed by atoms with van der Waals surface area (Å²) < 4.78 is 17.5. The Kier molecular flexibility index (Phi) is 6.53. The van der Waals surface area contributed by atoms with E-state index in [-0.39, 0.29) is 36.3 Å². The molecule has 35 heavy (non-hydrogen) atoms. The second kappa shape index (κ2) is 9.71. The van der Waals surface area contributed by atoms with E-state index in [0.29, 0.717) is 5.82 Å². The van der Waals surface area contributed by atoms with Crippen LogP contribution in [0.2, 0.25) is 0 Å². The zero-order chi connectivity index (χ0) is 25.1. The van der Waals surface area contributed by atoms with Crippen LogP contribution >= 0.6 is 0 Å². The first-order chi connectivity index (χ1) is 16.7. The van der Waals surface area contributed by atoms with Crippen LogP contribution in [0.3, 0.4) is 0 Å². The number of amides is 1. The number of nitrogens with one attached hydrogen (secondary N) is 2. The maximum absolute atomic E-state index is 14.0. The van der Waals surface area contributed by atoms with Crippen LogP contribution in [0, 0.1) is 19.7 Å². The first-order valence-electron chi connectivity index (χ1n) is 10.7. The number of nitrogens with zero attached hydrogens (tertiary/aromatic N) is 5. The van der Waals surface area contributed by atoms with Gasteiger partial charge in [-0.3, -0.25) is 19.0 Å². The minimum absolute atomic E-state index is 0.0157. The number of hydrogen-bond acceptors (Lipinski definition) is 6. The summed E-state index contributed by atoms with van der Waals surface area (Å²) in [4.78, 5) is 52.0. The largest absolute Gasteiger partial charge is 0.350 e. The number of aromatic nitrogens is 6. The number of H-pyrrole nitrogens is 1. The lowest BCUT2D eigenvalue weighted by molar-refractivity contribution is 0.0949. The molecule has 12 heteroatoms. The van der Waals surface area contributed by atoms with E-state index in [4.69, 9.17) is 0 Å². The molecule has 1 amide bonds. The molecule has 0 aliphatic heterocycles. The van der Waals surface area contributed by atoms with Crippen LogP contribution in [0.1, 0.15) is 27.3 Å². The molecule has 0 unspecified atom stereocenters. The van der Waals surface area contributed by atoms with Crippen LogP contribution in [0.4, 0.5) is 4.39 Å². The van der Waals surface area contributed by atoms with Crippen LogP contribution < -0.4 is 22.1 Å². The fourth-order valence-electron chi connectivity index (χ4n) is 3.56. The second-order valence-corrected chi connectivity index (χ2v) is 7.84. The van der Waals surface area contributed by atoms with E-state index in [9.17, 15) is 23.6 Å². The lowest BCUT2D eigenvalue weighted by atomic mass is 10.2. The first kappa shape index (κ1) is 23.5. The van der Waals surface area contributed by atoms with Crippen LogP contribution in [0.15, 0.2) is 63.0 Å². The molecule has 0 fully saturated rings. The van der Waals surface area contributed by atoms with Gasteiger partial charge in [-0.25, -0.2) is 18.5 Å². The average molecular weight is 479 g/mol. The molecule has 0 saturated heterocycles. The third-order valence-electron chi connectivity index (χ3n) is 5.28. The second-order valence-electron chi connectivity index (χ2n) is 7.84. The van der Waals surface area contributed by atoms with Gasteiger partial charge in [0, 0.05) is 30.1 Å². The smallest absolute Gasteiger partial charge is 0.328 e. The molecule has 0 atom stereocenters. The summed E-state index contributed by atoms with van der Waals surface area (Å²) in [6, 6.07) is 10.5. The average Bonchev–Trinajstić information content (AvgIpc) is 3.16. The highest BCUT2D eigenvalue weighted by molar-refractivity contribution is 5.93. The Balaban J connectivity index is 1.49. The number of aromatic amines is 1. The summed E-state index contributed by atoms with van der Waals surface area (Å²) in [5, 5.41) is 11.2. The van der Waals surface area contributed by atoms with E-state index < -0.39 is 23.0 Å². The highest BCUT2D eigenvalue weighted by Crippen LogP contribution is 2.08. The van der Waals surface area contributed by atoms with Crippen LogP contribution in [0.5, 0.6) is 0 Å². The molecule has 3 heterocycles. The topological polar surface area (TPSA) is 137 Å². The highest BCUT2D eigenvalue weighted by atomic mass is 19.1. The number of rotatable bonds is 7. The molecule has 4 aromatic rings. The number of hydrogen-bond donors (Lipinski definition) is 2. The van der Waals surface area contributed by atoms with Crippen molar-refractivity contribution in [2.45, 2.75) is 26.9 Å². The molecule has 0 bridgehead atoms. The van der Waals surface area contributed by atoms with Gasteiger partial charge in [0.1, 0.15) is 11.4 Å². The summed E-state index contributed by atoms with van der Waals surface area (Å²) in [5.74, 6) is -0.885. The molecular weight excluding hydrogens is 457 g/mol. The van der Waals surface area contributed by atoms with E-state index in [0.717, 1.165) is 22.2 Å². The number of carbonyl (C=O) groups excluding carboxylic acids is 1. The van der Waals surface area contributed by atoms with Gasteiger partial charge in [0.25, 0.3) is 17.0 Å². The van der Waals surface area contributed by atoms with Crippen molar-refractivity contribution in [2.75, 3.05) is 6.54 Å². The van der Waals surface area contributed by atoms with Gasteiger partial charge in [-0.1, -0.05) is 18.2 Å². The van der Waals surface area contributed by atoms with E-state index in [2.05, 4.69) is 20.5 Å². The lowest BCUT2D eigenvalue weighted by Gasteiger charge is -2.10. The molecule has 180 valence electrons. The zero-order valence-corrected chi connectivity index (χ0v) is 19.0. The highest BCUT2D eigenvalue weighted by Gasteiger charge is 2.16. The lowest BCUT2D eigenvalue weighted by Crippen LogP contribution is -2.41. The molecule has 0 spiro atoms. The minimum atomic E-state index is -0.865. The summed E-state index contributed by atoms with van der Waals surface area (Å²) in [6.07, 6.45) is 1.01. The Morgan fingerprint density at radius 3 is 2.57 bits per heavy atom. The van der Waals surface area contributed by atoms with Crippen molar-refractivity contribution in [3.8, 4) is 5.82 Å². The van der Waals surface area contributed by atoms with Gasteiger partial charge in [0.05, 0.1) is 18.8 Å². The maximum Gasteiger partial charge on any atom is 0.328 e. The minimum Gasteiger partial charge on any atom is -0.350 e. The zero-order valence-electron chi connectivity index (χ0n) is 19.0. The number of benzene rings is 1. The molecule has 0 aliphatic carbocycles. The van der Waals surface area contributed by atoms with Crippen molar-refractivity contribution in [1.82, 2.24) is 34.4 Å². The SMILES string of the molecule is Cc1cc(C)n(-c2ccc(=O)n(CCNC(=O)c3c[nH]c(=O)n(Cc4ccccc4F)c3=O)n2)n1. The quantitative estimate of drug-likeness (QED) is 0.396. The van der Waals surface area contributed by atoms with Gasteiger partial charge in [-0.05, 0) is 32.0 Å². The van der Waals surface area contributed by atoms with E-state index >= 15 is 0 Å². The van der Waals surface area contributed by atoms with Gasteiger partial charge < -0.3 is 10.3 Å². The summed E-state index contributed by atoms with van der Waals surface area (Å²) in [6.45, 7) is 3.39. The third-order valence-corrected chi connectivity index (χ3v) is 5.28. The molecule has 4 rings (SSSR count). The van der Waals surface area contributed by atoms with Gasteiger partial charge in [-0.15, -0.1) is 5.10 Å². The van der Waals surface area contributed by atoms with Crippen molar-refractivity contribution in [2.24, 2.45) is 0 Å². The van der Waals surface area contributed by atoms with Gasteiger partial charge in [0.15, 0.2) is 5.82 Å². The van der Waals surface area contributed by atoms with Gasteiger partial charge >= 0.3 is 5.69 Å². The van der Waals surface area contributed by atoms with Crippen molar-refractivity contribution in [1.29, 1.82) is 0 Å². The first-order valence-corrected chi connectivity index (χ1v) is 10.7. The van der Waals surface area contributed by atoms with Crippen molar-refractivity contribution in [3.63, 3.8) is 0 Å². The Bertz CT molecular complexity index is 1580. The van der Waals surface area contributed by atoms with Crippen molar-refractivity contribution in [3.05, 3.63) is 108 Å². The summed E-state index contributed by atoms with van der Waals surface area (Å²) >= 11 is 0. The predicted molar refractivity (Wildman–Crippen MR) is 124 cm³/mol. The Hall–Kier alpha value is -4.61. The Morgan fingerprint density at radius 1 is 1.09 bits per heavy atom. The van der Waals surface area contributed by atoms with Crippen molar-refractivity contribution >= 4 is 5.91 Å². The summed E-state index contributed by atoms with van der Waals surface area (Å²) in [5.41, 5.74) is -0.555. The molecule has 11 nitrogen and oxygen atoms in total. The van der Waals surface area contributed by atoms with E-state index in [1.54, 1.807) is 16.8 Å². The van der Waals surface area contributed by atoms with Crippen LogP contribution in [0.25, 0.3) is 5.82 Å². The van der Waals surface area contributed by atoms with Gasteiger partial charge in [0.2, 0.25) is 0 Å². The molecule has 1 aromatic carbocycles. The Labute approximate surface area is 197 Å².